The van der Waals surface area contributed by atoms with Crippen molar-refractivity contribution in [1.82, 2.24) is 14.9 Å². The molecule has 0 spiro atoms. The number of fused-ring (bicyclic) bond motifs is 4. The van der Waals surface area contributed by atoms with Crippen molar-refractivity contribution in [2.75, 3.05) is 13.7 Å². The summed E-state index contributed by atoms with van der Waals surface area (Å²) in [6.07, 6.45) is -0.151. The lowest BCUT2D eigenvalue weighted by molar-refractivity contribution is -0.115. The van der Waals surface area contributed by atoms with Crippen LogP contribution in [0, 0.1) is 0 Å². The van der Waals surface area contributed by atoms with Gasteiger partial charge in [0.05, 0.1) is 30.1 Å². The minimum absolute atomic E-state index is 0.0241. The van der Waals surface area contributed by atoms with E-state index < -0.39 is 6.10 Å². The van der Waals surface area contributed by atoms with Crippen LogP contribution in [-0.4, -0.2) is 40.6 Å². The highest BCUT2D eigenvalue weighted by Gasteiger charge is 2.29. The molecule has 1 atom stereocenters. The summed E-state index contributed by atoms with van der Waals surface area (Å²) in [4.78, 5) is 29.4. The summed E-state index contributed by atoms with van der Waals surface area (Å²) in [5, 5.41) is 14.8. The number of rotatable bonds is 8. The van der Waals surface area contributed by atoms with Crippen LogP contribution >= 0.6 is 0 Å². The van der Waals surface area contributed by atoms with Crippen molar-refractivity contribution in [2.45, 2.75) is 45.6 Å². The number of hydrogen-bond acceptors (Lipinski definition) is 6. The molecule has 3 aromatic rings. The molecular weight excluding hydrogens is 394 g/mol. The molecule has 0 saturated heterocycles. The smallest absolute Gasteiger partial charge is 0.257 e. The van der Waals surface area contributed by atoms with Gasteiger partial charge in [-0.15, -0.1) is 0 Å². The molecule has 2 N–H and O–H groups in total. The summed E-state index contributed by atoms with van der Waals surface area (Å²) < 4.78 is 6.85. The zero-order chi connectivity index (χ0) is 22.1. The highest BCUT2D eigenvalue weighted by molar-refractivity contribution is 5.88. The molecule has 7 nitrogen and oxygen atoms in total. The third-order valence-electron chi connectivity index (χ3n) is 5.77. The number of carbonyl (C=O) groups excluding carboxylic acids is 1. The summed E-state index contributed by atoms with van der Waals surface area (Å²) >= 11 is 0. The van der Waals surface area contributed by atoms with E-state index in [0.717, 1.165) is 35.1 Å². The van der Waals surface area contributed by atoms with Crippen LogP contribution in [0.4, 0.5) is 0 Å². The molecule has 0 radical (unpaired) electrons. The van der Waals surface area contributed by atoms with E-state index in [1.54, 1.807) is 10.6 Å². The van der Waals surface area contributed by atoms with E-state index in [4.69, 9.17) is 9.72 Å². The molecule has 1 aliphatic heterocycles. The number of hydrogen-bond donors (Lipinski definition) is 2. The maximum Gasteiger partial charge on any atom is 0.257 e. The van der Waals surface area contributed by atoms with Crippen molar-refractivity contribution in [2.24, 2.45) is 0 Å². The first-order chi connectivity index (χ1) is 15.0. The lowest BCUT2D eigenvalue weighted by Crippen LogP contribution is -2.27. The van der Waals surface area contributed by atoms with Crippen molar-refractivity contribution >= 4 is 17.2 Å². The maximum atomic E-state index is 13.3. The first kappa shape index (κ1) is 21.4. The molecule has 0 amide bonds. The van der Waals surface area contributed by atoms with Crippen molar-refractivity contribution in [1.29, 1.82) is 0 Å². The Morgan fingerprint density at radius 3 is 2.77 bits per heavy atom. The molecule has 0 aliphatic carbocycles. The molecule has 0 fully saturated rings. The van der Waals surface area contributed by atoms with E-state index in [1.807, 2.05) is 18.2 Å². The number of aliphatic hydroxyl groups excluding tert-OH is 1. The summed E-state index contributed by atoms with van der Waals surface area (Å²) in [6.45, 7) is 5.47. The van der Waals surface area contributed by atoms with Crippen molar-refractivity contribution in [3.05, 3.63) is 62.9 Å². The number of aromatic nitrogens is 2. The number of carbonyl (C=O) groups is 1. The molecule has 3 heterocycles. The van der Waals surface area contributed by atoms with Gasteiger partial charge in [-0.25, -0.2) is 4.98 Å². The fraction of sp³-hybridized carbons (Fsp3) is 0.375. The highest BCUT2D eigenvalue weighted by atomic mass is 16.5. The number of nitrogens with one attached hydrogen (secondary N) is 1. The van der Waals surface area contributed by atoms with Gasteiger partial charge in [-0.1, -0.05) is 32.0 Å². The van der Waals surface area contributed by atoms with Crippen molar-refractivity contribution < 1.29 is 14.6 Å². The maximum absolute atomic E-state index is 13.3. The van der Waals surface area contributed by atoms with Crippen LogP contribution in [0.1, 0.15) is 42.2 Å². The van der Waals surface area contributed by atoms with Gasteiger partial charge >= 0.3 is 0 Å². The van der Waals surface area contributed by atoms with Gasteiger partial charge in [-0.3, -0.25) is 4.79 Å². The molecule has 1 aliphatic rings. The van der Waals surface area contributed by atoms with Crippen LogP contribution in [0.3, 0.4) is 0 Å². The molecular formula is C24H27N3O4. The van der Waals surface area contributed by atoms with Gasteiger partial charge in [-0.05, 0) is 30.7 Å². The largest absolute Gasteiger partial charge is 0.381 e. The number of para-hydroxylation sites is 1. The number of pyridine rings is 2. The van der Waals surface area contributed by atoms with Gasteiger partial charge in [0.15, 0.2) is 6.29 Å². The topological polar surface area (TPSA) is 93.5 Å². The standard InChI is InChI=1S/C24H27N3O4/c1-14(2)25-9-8-15-16-6-4-5-7-20(16)26-23-18(15)11-27-21(23)10-17(22(29)12-28)19(13-31-3)24(27)30/h4-7,10,12,14,22,25,29H,8-9,11,13H2,1-3H3. The average Bonchev–Trinajstić information content (AvgIpc) is 3.13. The summed E-state index contributed by atoms with van der Waals surface area (Å²) in [6, 6.07) is 10.1. The Labute approximate surface area is 180 Å². The van der Waals surface area contributed by atoms with Crippen LogP contribution in [0.2, 0.25) is 0 Å². The Morgan fingerprint density at radius 2 is 2.06 bits per heavy atom. The van der Waals surface area contributed by atoms with Gasteiger partial charge in [0, 0.05) is 35.2 Å². The Bertz CT molecular complexity index is 1200. The quantitative estimate of drug-likeness (QED) is 0.424. The number of aldehydes is 1. The molecule has 4 rings (SSSR count). The van der Waals surface area contributed by atoms with Gasteiger partial charge in [0.1, 0.15) is 6.10 Å². The molecule has 7 heteroatoms. The van der Waals surface area contributed by atoms with Crippen LogP contribution in [0.15, 0.2) is 35.1 Å². The Balaban J connectivity index is 1.92. The fourth-order valence-electron chi connectivity index (χ4n) is 4.32. The molecule has 162 valence electrons. The molecule has 2 aromatic heterocycles. The Kier molecular flexibility index (Phi) is 6.00. The second-order valence-corrected chi connectivity index (χ2v) is 8.16. The van der Waals surface area contributed by atoms with E-state index >= 15 is 0 Å². The lowest BCUT2D eigenvalue weighted by atomic mass is 9.97. The second-order valence-electron chi connectivity index (χ2n) is 8.16. The van der Waals surface area contributed by atoms with Gasteiger partial charge in [0.2, 0.25) is 0 Å². The highest BCUT2D eigenvalue weighted by Crippen LogP contribution is 2.36. The number of ether oxygens (including phenoxy) is 1. The SMILES string of the molecule is COCc1c(C(O)C=O)cc2n(c1=O)Cc1c-2nc2ccccc2c1CCNC(C)C. The minimum Gasteiger partial charge on any atom is -0.381 e. The van der Waals surface area contributed by atoms with Crippen LogP contribution < -0.4 is 10.9 Å². The average molecular weight is 421 g/mol. The zero-order valence-electron chi connectivity index (χ0n) is 18.0. The van der Waals surface area contributed by atoms with Crippen molar-refractivity contribution in [3.63, 3.8) is 0 Å². The first-order valence-electron chi connectivity index (χ1n) is 10.5. The third-order valence-corrected chi connectivity index (χ3v) is 5.77. The van der Waals surface area contributed by atoms with E-state index in [0.29, 0.717) is 30.1 Å². The normalized spacial score (nSPS) is 13.5. The summed E-state index contributed by atoms with van der Waals surface area (Å²) in [5.41, 5.74) is 4.72. The van der Waals surface area contributed by atoms with Crippen molar-refractivity contribution in [3.8, 4) is 11.4 Å². The van der Waals surface area contributed by atoms with E-state index in [9.17, 15) is 14.7 Å². The zero-order valence-corrected chi connectivity index (χ0v) is 18.0. The number of methoxy groups -OCH3 is 1. The summed E-state index contributed by atoms with van der Waals surface area (Å²) in [5.74, 6) is 0. The first-order valence-corrected chi connectivity index (χ1v) is 10.5. The van der Waals surface area contributed by atoms with E-state index in [2.05, 4.69) is 25.2 Å². The van der Waals surface area contributed by atoms with Gasteiger partial charge in [-0.2, -0.15) is 0 Å². The predicted molar refractivity (Wildman–Crippen MR) is 119 cm³/mol. The molecule has 0 saturated carbocycles. The predicted octanol–water partition coefficient (Wildman–Crippen LogP) is 2.34. The fourth-order valence-corrected chi connectivity index (χ4v) is 4.32. The minimum atomic E-state index is -1.39. The molecule has 31 heavy (non-hydrogen) atoms. The van der Waals surface area contributed by atoms with Crippen LogP contribution in [-0.2, 0) is 29.1 Å². The third kappa shape index (κ3) is 3.80. The summed E-state index contributed by atoms with van der Waals surface area (Å²) in [7, 11) is 1.48. The molecule has 1 aromatic carbocycles. The molecule has 1 unspecified atom stereocenters. The van der Waals surface area contributed by atoms with Gasteiger partial charge in [0.25, 0.3) is 5.56 Å². The lowest BCUT2D eigenvalue weighted by Gasteiger charge is -2.14. The number of benzene rings is 1. The number of nitrogens with zero attached hydrogens (tertiary/aromatic N) is 2. The Hall–Kier alpha value is -2.87. The monoisotopic (exact) mass is 421 g/mol. The van der Waals surface area contributed by atoms with Gasteiger partial charge < -0.3 is 24.5 Å². The van der Waals surface area contributed by atoms with Crippen LogP contribution in [0.25, 0.3) is 22.3 Å². The Morgan fingerprint density at radius 1 is 1.29 bits per heavy atom. The van der Waals surface area contributed by atoms with Crippen LogP contribution in [0.5, 0.6) is 0 Å². The molecule has 0 bridgehead atoms. The number of aliphatic hydroxyl groups is 1. The van der Waals surface area contributed by atoms with E-state index in [-0.39, 0.29) is 17.7 Å². The van der Waals surface area contributed by atoms with E-state index in [1.165, 1.54) is 12.7 Å². The second kappa shape index (κ2) is 8.70.